The van der Waals surface area contributed by atoms with Gasteiger partial charge in [0.1, 0.15) is 0 Å². The van der Waals surface area contributed by atoms with E-state index < -0.39 is 10.1 Å². The summed E-state index contributed by atoms with van der Waals surface area (Å²) < 4.78 is 33.8. The molecule has 0 aliphatic heterocycles. The number of hydrogen-bond acceptors (Lipinski definition) is 5. The molecule has 0 radical (unpaired) electrons. The van der Waals surface area contributed by atoms with Crippen LogP contribution in [0.1, 0.15) is 82.6 Å². The summed E-state index contributed by atoms with van der Waals surface area (Å²) in [5.74, 6) is -0.113. The molecule has 1 aromatic rings. The summed E-state index contributed by atoms with van der Waals surface area (Å²) in [5.41, 5.74) is 1.03. The normalized spacial score (nSPS) is 11.5. The Labute approximate surface area is 170 Å². The van der Waals surface area contributed by atoms with E-state index in [1.165, 1.54) is 45.6 Å². The lowest BCUT2D eigenvalue weighted by atomic mass is 10.1. The lowest BCUT2D eigenvalue weighted by molar-refractivity contribution is -0.140. The number of aryl methyl sites for hydroxylation is 1. The molecule has 0 aliphatic rings. The molecule has 0 saturated carbocycles. The Hall–Kier alpha value is -1.40. The van der Waals surface area contributed by atoms with E-state index in [1.54, 1.807) is 24.3 Å². The van der Waals surface area contributed by atoms with Crippen LogP contribution in [0.5, 0.6) is 0 Å². The third kappa shape index (κ3) is 11.4. The molecule has 5 nitrogen and oxygen atoms in total. The van der Waals surface area contributed by atoms with Crippen LogP contribution in [0, 0.1) is 6.92 Å². The SMILES string of the molecule is COC(=O)CCCCCCCCCCCCCOS(=O)(=O)c1ccc(C)cc1. The van der Waals surface area contributed by atoms with Crippen LogP contribution in [0.25, 0.3) is 0 Å². The van der Waals surface area contributed by atoms with E-state index in [0.717, 1.165) is 37.7 Å². The largest absolute Gasteiger partial charge is 0.469 e. The fraction of sp³-hybridized carbons (Fsp3) is 0.682. The van der Waals surface area contributed by atoms with Crippen molar-refractivity contribution >= 4 is 16.1 Å². The molecular formula is C22H36O5S. The second-order valence-corrected chi connectivity index (χ2v) is 8.92. The standard InChI is InChI=1S/C22H36O5S/c1-20-15-17-21(18-16-20)28(24,25)27-19-13-11-9-7-5-3-4-6-8-10-12-14-22(23)26-2/h15-18H,3-14,19H2,1-2H3. The average Bonchev–Trinajstić information content (AvgIpc) is 2.68. The monoisotopic (exact) mass is 412 g/mol. The first-order valence-electron chi connectivity index (χ1n) is 10.5. The van der Waals surface area contributed by atoms with E-state index in [2.05, 4.69) is 4.74 Å². The zero-order valence-electron chi connectivity index (χ0n) is 17.5. The highest BCUT2D eigenvalue weighted by atomic mass is 32.2. The molecule has 0 aromatic heterocycles. The van der Waals surface area contributed by atoms with E-state index in [9.17, 15) is 13.2 Å². The van der Waals surface area contributed by atoms with Crippen molar-refractivity contribution in [2.75, 3.05) is 13.7 Å². The van der Waals surface area contributed by atoms with Gasteiger partial charge in [-0.1, -0.05) is 75.5 Å². The second-order valence-electron chi connectivity index (χ2n) is 7.30. The maximum atomic E-state index is 12.0. The van der Waals surface area contributed by atoms with Crippen LogP contribution >= 0.6 is 0 Å². The average molecular weight is 413 g/mol. The Bertz CT molecular complexity index is 637. The van der Waals surface area contributed by atoms with Gasteiger partial charge in [-0.25, -0.2) is 0 Å². The van der Waals surface area contributed by atoms with E-state index in [-0.39, 0.29) is 17.5 Å². The quantitative estimate of drug-likeness (QED) is 0.202. The Morgan fingerprint density at radius 2 is 1.25 bits per heavy atom. The van der Waals surface area contributed by atoms with Crippen molar-refractivity contribution in [1.82, 2.24) is 0 Å². The second kappa shape index (κ2) is 14.6. The number of ether oxygens (including phenoxy) is 1. The molecule has 1 aromatic carbocycles. The number of esters is 1. The van der Waals surface area contributed by atoms with E-state index in [4.69, 9.17) is 4.18 Å². The maximum Gasteiger partial charge on any atom is 0.305 e. The van der Waals surface area contributed by atoms with Crippen LogP contribution in [0.3, 0.4) is 0 Å². The zero-order valence-corrected chi connectivity index (χ0v) is 18.3. The smallest absolute Gasteiger partial charge is 0.305 e. The van der Waals surface area contributed by atoms with E-state index >= 15 is 0 Å². The highest BCUT2D eigenvalue weighted by molar-refractivity contribution is 7.86. The van der Waals surface area contributed by atoms with Gasteiger partial charge in [-0.15, -0.1) is 0 Å². The van der Waals surface area contributed by atoms with Gasteiger partial charge in [0, 0.05) is 6.42 Å². The Morgan fingerprint density at radius 1 is 0.786 bits per heavy atom. The molecule has 0 N–H and O–H groups in total. The van der Waals surface area contributed by atoms with Crippen LogP contribution in [0.2, 0.25) is 0 Å². The van der Waals surface area contributed by atoms with E-state index in [0.29, 0.717) is 6.42 Å². The van der Waals surface area contributed by atoms with E-state index in [1.807, 2.05) is 6.92 Å². The molecule has 0 amide bonds. The summed E-state index contributed by atoms with van der Waals surface area (Å²) in [5, 5.41) is 0. The van der Waals surface area contributed by atoms with Crippen molar-refractivity contribution in [2.45, 2.75) is 88.9 Å². The van der Waals surface area contributed by atoms with Gasteiger partial charge in [0.05, 0.1) is 18.6 Å². The molecule has 1 rings (SSSR count). The Balaban J connectivity index is 1.91. The van der Waals surface area contributed by atoms with Crippen LogP contribution in [0.4, 0.5) is 0 Å². The molecule has 0 spiro atoms. The Morgan fingerprint density at radius 3 is 1.75 bits per heavy atom. The summed E-state index contributed by atoms with van der Waals surface area (Å²) in [6.45, 7) is 2.17. The third-order valence-electron chi connectivity index (χ3n) is 4.80. The Kier molecular flexibility index (Phi) is 12.8. The summed E-state index contributed by atoms with van der Waals surface area (Å²) in [6, 6.07) is 6.73. The first-order valence-corrected chi connectivity index (χ1v) is 11.9. The van der Waals surface area contributed by atoms with Gasteiger partial charge in [0.2, 0.25) is 0 Å². The lowest BCUT2D eigenvalue weighted by Crippen LogP contribution is -2.07. The fourth-order valence-corrected chi connectivity index (χ4v) is 3.95. The van der Waals surface area contributed by atoms with Crippen molar-refractivity contribution < 1.29 is 22.1 Å². The minimum Gasteiger partial charge on any atom is -0.469 e. The zero-order chi connectivity index (χ0) is 20.7. The molecule has 28 heavy (non-hydrogen) atoms. The molecule has 6 heteroatoms. The van der Waals surface area contributed by atoms with Crippen LogP contribution in [-0.2, 0) is 23.8 Å². The highest BCUT2D eigenvalue weighted by Crippen LogP contribution is 2.15. The van der Waals surface area contributed by atoms with Crippen molar-refractivity contribution in [1.29, 1.82) is 0 Å². The van der Waals surface area contributed by atoms with Crippen molar-refractivity contribution in [2.24, 2.45) is 0 Å². The molecule has 0 aliphatic carbocycles. The van der Waals surface area contributed by atoms with Crippen molar-refractivity contribution in [3.63, 3.8) is 0 Å². The maximum absolute atomic E-state index is 12.0. The molecule has 0 atom stereocenters. The van der Waals surface area contributed by atoms with Crippen LogP contribution in [-0.4, -0.2) is 28.1 Å². The van der Waals surface area contributed by atoms with Crippen molar-refractivity contribution in [3.8, 4) is 0 Å². The van der Waals surface area contributed by atoms with Crippen LogP contribution < -0.4 is 0 Å². The molecular weight excluding hydrogens is 376 g/mol. The lowest BCUT2D eigenvalue weighted by Gasteiger charge is -2.06. The summed E-state index contributed by atoms with van der Waals surface area (Å²) in [4.78, 5) is 11.2. The molecule has 0 bridgehead atoms. The first-order chi connectivity index (χ1) is 13.5. The number of hydrogen-bond donors (Lipinski definition) is 0. The van der Waals surface area contributed by atoms with Gasteiger partial charge in [-0.2, -0.15) is 8.42 Å². The predicted octanol–water partition coefficient (Wildman–Crippen LogP) is 5.55. The van der Waals surface area contributed by atoms with Gasteiger partial charge in [-0.3, -0.25) is 8.98 Å². The fourth-order valence-electron chi connectivity index (χ4n) is 3.01. The minimum atomic E-state index is -3.62. The van der Waals surface area contributed by atoms with Gasteiger partial charge in [0.25, 0.3) is 10.1 Å². The number of unbranched alkanes of at least 4 members (excludes halogenated alkanes) is 10. The first kappa shape index (κ1) is 24.6. The predicted molar refractivity (Wildman–Crippen MR) is 112 cm³/mol. The van der Waals surface area contributed by atoms with Gasteiger partial charge >= 0.3 is 5.97 Å². The molecule has 0 saturated heterocycles. The molecule has 160 valence electrons. The number of carbonyl (C=O) groups is 1. The minimum absolute atomic E-state index is 0.113. The molecule has 0 heterocycles. The van der Waals surface area contributed by atoms with Crippen LogP contribution in [0.15, 0.2) is 29.2 Å². The summed E-state index contributed by atoms with van der Waals surface area (Å²) in [6.07, 6.45) is 12.8. The topological polar surface area (TPSA) is 69.7 Å². The number of methoxy groups -OCH3 is 1. The molecule has 0 fully saturated rings. The summed E-state index contributed by atoms with van der Waals surface area (Å²) in [7, 11) is -2.19. The highest BCUT2D eigenvalue weighted by Gasteiger charge is 2.14. The number of benzene rings is 1. The van der Waals surface area contributed by atoms with Gasteiger partial charge in [-0.05, 0) is 31.9 Å². The van der Waals surface area contributed by atoms with Gasteiger partial charge < -0.3 is 4.74 Å². The number of carbonyl (C=O) groups excluding carboxylic acids is 1. The molecule has 0 unspecified atom stereocenters. The summed E-state index contributed by atoms with van der Waals surface area (Å²) >= 11 is 0. The van der Waals surface area contributed by atoms with Gasteiger partial charge in [0.15, 0.2) is 0 Å². The number of rotatable bonds is 16. The van der Waals surface area contributed by atoms with Crippen molar-refractivity contribution in [3.05, 3.63) is 29.8 Å². The third-order valence-corrected chi connectivity index (χ3v) is 6.13.